The van der Waals surface area contributed by atoms with Gasteiger partial charge in [0.1, 0.15) is 5.75 Å². The number of carbonyl (C=O) groups is 1. The molecule has 0 saturated carbocycles. The summed E-state index contributed by atoms with van der Waals surface area (Å²) in [5.74, 6) is 0.517. The van der Waals surface area contributed by atoms with Crippen LogP contribution in [0.3, 0.4) is 0 Å². The van der Waals surface area contributed by atoms with E-state index in [2.05, 4.69) is 22.4 Å². The number of hydrogen-bond donors (Lipinski definition) is 2. The first kappa shape index (κ1) is 16.8. The summed E-state index contributed by atoms with van der Waals surface area (Å²) >= 11 is 0. The fraction of sp³-hybridized carbons (Fsp3) is 0.200. The topological polar surface area (TPSA) is 66.5 Å². The van der Waals surface area contributed by atoms with Gasteiger partial charge in [-0.15, -0.1) is 0 Å². The van der Waals surface area contributed by atoms with Gasteiger partial charge in [0.25, 0.3) is 5.91 Å². The first-order valence-corrected chi connectivity index (χ1v) is 8.40. The lowest BCUT2D eigenvalue weighted by molar-refractivity contribution is 0.0955. The van der Waals surface area contributed by atoms with Gasteiger partial charge in [-0.25, -0.2) is 5.43 Å². The van der Waals surface area contributed by atoms with Gasteiger partial charge in [0.15, 0.2) is 0 Å². The molecule has 0 aliphatic rings. The number of aromatic nitrogens is 1. The maximum atomic E-state index is 12.1. The van der Waals surface area contributed by atoms with Gasteiger partial charge in [-0.2, -0.15) is 5.10 Å². The number of hydrogen-bond acceptors (Lipinski definition) is 3. The molecule has 0 aliphatic carbocycles. The zero-order chi connectivity index (χ0) is 17.5. The summed E-state index contributed by atoms with van der Waals surface area (Å²) in [5.41, 5.74) is 5.05. The fourth-order valence-corrected chi connectivity index (χ4v) is 2.46. The van der Waals surface area contributed by atoms with E-state index >= 15 is 0 Å². The van der Waals surface area contributed by atoms with Crippen LogP contribution in [0.25, 0.3) is 10.9 Å². The van der Waals surface area contributed by atoms with Gasteiger partial charge < -0.3 is 9.72 Å². The van der Waals surface area contributed by atoms with Crippen LogP contribution in [-0.2, 0) is 0 Å². The van der Waals surface area contributed by atoms with E-state index in [9.17, 15) is 4.79 Å². The minimum Gasteiger partial charge on any atom is -0.494 e. The monoisotopic (exact) mass is 335 g/mol. The van der Waals surface area contributed by atoms with Gasteiger partial charge in [0.2, 0.25) is 0 Å². The average molecular weight is 335 g/mol. The second kappa shape index (κ2) is 8.15. The zero-order valence-corrected chi connectivity index (χ0v) is 14.2. The Balaban J connectivity index is 1.58. The molecule has 0 fully saturated rings. The lowest BCUT2D eigenvalue weighted by atomic mass is 10.2. The molecule has 3 rings (SSSR count). The van der Waals surface area contributed by atoms with Crippen LogP contribution in [0.2, 0.25) is 0 Å². The summed E-state index contributed by atoms with van der Waals surface area (Å²) in [7, 11) is 0. The second-order valence-corrected chi connectivity index (χ2v) is 5.72. The van der Waals surface area contributed by atoms with Crippen LogP contribution in [0.1, 0.15) is 35.7 Å². The highest BCUT2D eigenvalue weighted by Crippen LogP contribution is 2.16. The maximum Gasteiger partial charge on any atom is 0.271 e. The molecule has 0 radical (unpaired) electrons. The highest BCUT2D eigenvalue weighted by Gasteiger charge is 2.05. The van der Waals surface area contributed by atoms with Crippen molar-refractivity contribution in [3.63, 3.8) is 0 Å². The molecule has 0 atom stereocenters. The molecule has 0 aliphatic heterocycles. The first-order chi connectivity index (χ1) is 12.3. The number of hydrazone groups is 1. The van der Waals surface area contributed by atoms with E-state index in [1.54, 1.807) is 30.5 Å². The van der Waals surface area contributed by atoms with Crippen molar-refractivity contribution in [2.75, 3.05) is 6.61 Å². The van der Waals surface area contributed by atoms with Crippen molar-refractivity contribution in [2.24, 2.45) is 5.10 Å². The summed E-state index contributed by atoms with van der Waals surface area (Å²) in [6, 6.07) is 15.0. The van der Waals surface area contributed by atoms with Crippen molar-refractivity contribution < 1.29 is 9.53 Å². The molecule has 5 nitrogen and oxygen atoms in total. The highest BCUT2D eigenvalue weighted by atomic mass is 16.5. The number of amides is 1. The summed E-state index contributed by atoms with van der Waals surface area (Å²) in [6.07, 6.45) is 5.61. The molecule has 1 aromatic heterocycles. The van der Waals surface area contributed by atoms with E-state index in [-0.39, 0.29) is 5.91 Å². The Labute approximate surface area is 146 Å². The van der Waals surface area contributed by atoms with E-state index in [0.717, 1.165) is 35.1 Å². The number of nitrogens with zero attached hydrogens (tertiary/aromatic N) is 1. The molecule has 1 amide bonds. The largest absolute Gasteiger partial charge is 0.494 e. The third-order valence-electron chi connectivity index (χ3n) is 3.87. The Bertz CT molecular complexity index is 866. The van der Waals surface area contributed by atoms with E-state index in [4.69, 9.17) is 4.74 Å². The van der Waals surface area contributed by atoms with Gasteiger partial charge in [-0.3, -0.25) is 4.79 Å². The third kappa shape index (κ3) is 4.26. The van der Waals surface area contributed by atoms with Crippen molar-refractivity contribution in [3.05, 3.63) is 65.9 Å². The lowest BCUT2D eigenvalue weighted by Crippen LogP contribution is -2.17. The molecule has 5 heteroatoms. The number of ether oxygens (including phenoxy) is 1. The zero-order valence-electron chi connectivity index (χ0n) is 14.2. The van der Waals surface area contributed by atoms with Crippen molar-refractivity contribution in [1.82, 2.24) is 10.4 Å². The van der Waals surface area contributed by atoms with Gasteiger partial charge in [0.05, 0.1) is 12.8 Å². The molecule has 0 spiro atoms. The maximum absolute atomic E-state index is 12.1. The Hall–Kier alpha value is -3.08. The second-order valence-electron chi connectivity index (χ2n) is 5.72. The van der Waals surface area contributed by atoms with E-state index in [1.807, 2.05) is 30.5 Å². The molecule has 0 unspecified atom stereocenters. The van der Waals surface area contributed by atoms with Gasteiger partial charge in [-0.05, 0) is 36.8 Å². The van der Waals surface area contributed by atoms with Crippen LogP contribution in [0, 0.1) is 0 Å². The highest BCUT2D eigenvalue weighted by molar-refractivity contribution is 6.00. The molecular formula is C20H21N3O2. The molecule has 2 N–H and O–H groups in total. The molecular weight excluding hydrogens is 314 g/mol. The number of carbonyl (C=O) groups excluding carboxylic acids is 1. The van der Waals surface area contributed by atoms with Gasteiger partial charge in [0, 0.05) is 28.2 Å². The Morgan fingerprint density at radius 1 is 1.20 bits per heavy atom. The SMILES string of the molecule is CCCCOc1ccc(C(=O)N/N=C/c2c[nH]c3ccccc23)cc1. The number of H-pyrrole nitrogens is 1. The Kier molecular flexibility index (Phi) is 5.46. The summed E-state index contributed by atoms with van der Waals surface area (Å²) in [6.45, 7) is 2.81. The minimum absolute atomic E-state index is 0.254. The summed E-state index contributed by atoms with van der Waals surface area (Å²) in [4.78, 5) is 15.3. The standard InChI is InChI=1S/C20H21N3O2/c1-2-3-12-25-17-10-8-15(9-11-17)20(24)23-22-14-16-13-21-19-7-5-4-6-18(16)19/h4-11,13-14,21H,2-3,12H2,1H3,(H,23,24)/b22-14+. The lowest BCUT2D eigenvalue weighted by Gasteiger charge is -2.05. The number of fused-ring (bicyclic) bond motifs is 1. The normalized spacial score (nSPS) is 11.1. The van der Waals surface area contributed by atoms with Crippen LogP contribution in [0.5, 0.6) is 5.75 Å². The number of aromatic amines is 1. The summed E-state index contributed by atoms with van der Waals surface area (Å²) in [5, 5.41) is 5.11. The van der Waals surface area contributed by atoms with Crippen LogP contribution >= 0.6 is 0 Å². The molecule has 0 saturated heterocycles. The van der Waals surface area contributed by atoms with Crippen LogP contribution in [0.15, 0.2) is 59.8 Å². The molecule has 128 valence electrons. The first-order valence-electron chi connectivity index (χ1n) is 8.40. The van der Waals surface area contributed by atoms with Crippen molar-refractivity contribution in [3.8, 4) is 5.75 Å². The molecule has 1 heterocycles. The van der Waals surface area contributed by atoms with Crippen molar-refractivity contribution in [2.45, 2.75) is 19.8 Å². The number of rotatable bonds is 7. The predicted molar refractivity (Wildman–Crippen MR) is 100 cm³/mol. The molecule has 0 bridgehead atoms. The van der Waals surface area contributed by atoms with E-state index in [1.165, 1.54) is 0 Å². The van der Waals surface area contributed by atoms with Crippen LogP contribution in [0.4, 0.5) is 0 Å². The number of nitrogens with one attached hydrogen (secondary N) is 2. The Morgan fingerprint density at radius 2 is 2.00 bits per heavy atom. The van der Waals surface area contributed by atoms with Crippen molar-refractivity contribution in [1.29, 1.82) is 0 Å². The third-order valence-corrected chi connectivity index (χ3v) is 3.87. The van der Waals surface area contributed by atoms with E-state index < -0.39 is 0 Å². The Morgan fingerprint density at radius 3 is 2.80 bits per heavy atom. The van der Waals surface area contributed by atoms with Gasteiger partial charge in [-0.1, -0.05) is 31.5 Å². The van der Waals surface area contributed by atoms with E-state index in [0.29, 0.717) is 12.2 Å². The van der Waals surface area contributed by atoms with Crippen LogP contribution < -0.4 is 10.2 Å². The van der Waals surface area contributed by atoms with Crippen molar-refractivity contribution >= 4 is 23.0 Å². The number of unbranched alkanes of at least 4 members (excludes halogenated alkanes) is 1. The molecule has 25 heavy (non-hydrogen) atoms. The predicted octanol–water partition coefficient (Wildman–Crippen LogP) is 4.11. The number of para-hydroxylation sites is 1. The van der Waals surface area contributed by atoms with Crippen LogP contribution in [-0.4, -0.2) is 23.7 Å². The number of benzene rings is 2. The quantitative estimate of drug-likeness (QED) is 0.388. The smallest absolute Gasteiger partial charge is 0.271 e. The molecule has 2 aromatic carbocycles. The average Bonchev–Trinajstić information content (AvgIpc) is 3.06. The summed E-state index contributed by atoms with van der Waals surface area (Å²) < 4.78 is 5.59. The van der Waals surface area contributed by atoms with Gasteiger partial charge >= 0.3 is 0 Å². The fourth-order valence-electron chi connectivity index (χ4n) is 2.46. The molecule has 3 aromatic rings. The minimum atomic E-state index is -0.254.